The molecule has 25 heavy (non-hydrogen) atoms. The average Bonchev–Trinajstić information content (AvgIpc) is 3.09. The second-order valence-corrected chi connectivity index (χ2v) is 7.51. The van der Waals surface area contributed by atoms with E-state index < -0.39 is 0 Å². The van der Waals surface area contributed by atoms with Gasteiger partial charge in [0.1, 0.15) is 17.9 Å². The molecule has 1 saturated heterocycles. The van der Waals surface area contributed by atoms with Gasteiger partial charge < -0.3 is 4.90 Å². The molecule has 0 bridgehead atoms. The van der Waals surface area contributed by atoms with Crippen LogP contribution in [-0.2, 0) is 17.8 Å². The maximum atomic E-state index is 12.9. The third-order valence-corrected chi connectivity index (χ3v) is 5.78. The predicted molar refractivity (Wildman–Crippen MR) is 99.3 cm³/mol. The Morgan fingerprint density at radius 2 is 1.96 bits per heavy atom. The van der Waals surface area contributed by atoms with Gasteiger partial charge in [-0.3, -0.25) is 14.0 Å². The number of hydrogen-bond donors (Lipinski definition) is 0. The molecular weight excluding hydrogens is 336 g/mol. The van der Waals surface area contributed by atoms with E-state index in [0.717, 1.165) is 42.0 Å². The van der Waals surface area contributed by atoms with Gasteiger partial charge in [-0.05, 0) is 30.4 Å². The van der Waals surface area contributed by atoms with Gasteiger partial charge >= 0.3 is 0 Å². The molecule has 1 aliphatic heterocycles. The van der Waals surface area contributed by atoms with Crippen LogP contribution in [0.15, 0.2) is 22.3 Å². The number of rotatable bonds is 3. The molecule has 4 rings (SSSR count). The summed E-state index contributed by atoms with van der Waals surface area (Å²) in [6.45, 7) is 3.63. The third-order valence-electron chi connectivity index (χ3n) is 4.93. The molecule has 0 aromatic carbocycles. The number of aryl methyl sites for hydroxylation is 1. The summed E-state index contributed by atoms with van der Waals surface area (Å²) in [6, 6.07) is 3.93. The molecule has 1 amide bonds. The Labute approximate surface area is 149 Å². The van der Waals surface area contributed by atoms with Gasteiger partial charge in [0, 0.05) is 19.5 Å². The SMILES string of the molecule is CCc1nn(CC(=O)N2CCCCCC2)c(=O)c2cc3sccc3n12. The zero-order valence-corrected chi connectivity index (χ0v) is 15.2. The molecule has 3 aromatic heterocycles. The molecule has 0 spiro atoms. The van der Waals surface area contributed by atoms with Crippen molar-refractivity contribution in [1.29, 1.82) is 0 Å². The molecule has 3 aromatic rings. The van der Waals surface area contributed by atoms with E-state index in [1.165, 1.54) is 17.5 Å². The van der Waals surface area contributed by atoms with E-state index in [1.807, 2.05) is 33.7 Å². The maximum absolute atomic E-state index is 12.9. The number of hydrogen-bond acceptors (Lipinski definition) is 4. The van der Waals surface area contributed by atoms with Crippen molar-refractivity contribution in [2.45, 2.75) is 45.6 Å². The molecule has 4 heterocycles. The summed E-state index contributed by atoms with van der Waals surface area (Å²) >= 11 is 1.61. The van der Waals surface area contributed by atoms with E-state index in [4.69, 9.17) is 0 Å². The summed E-state index contributed by atoms with van der Waals surface area (Å²) < 4.78 is 4.36. The summed E-state index contributed by atoms with van der Waals surface area (Å²) in [5.74, 6) is 0.808. The van der Waals surface area contributed by atoms with Crippen molar-refractivity contribution in [2.24, 2.45) is 0 Å². The number of carbonyl (C=O) groups excluding carboxylic acids is 1. The smallest absolute Gasteiger partial charge is 0.291 e. The molecule has 0 unspecified atom stereocenters. The number of aromatic nitrogens is 3. The van der Waals surface area contributed by atoms with Gasteiger partial charge in [-0.1, -0.05) is 19.8 Å². The molecule has 1 fully saturated rings. The van der Waals surface area contributed by atoms with E-state index in [2.05, 4.69) is 5.10 Å². The first-order valence-corrected chi connectivity index (χ1v) is 9.83. The van der Waals surface area contributed by atoms with Crippen LogP contribution in [0.4, 0.5) is 0 Å². The summed E-state index contributed by atoms with van der Waals surface area (Å²) in [5.41, 5.74) is 1.44. The minimum Gasteiger partial charge on any atom is -0.341 e. The van der Waals surface area contributed by atoms with E-state index in [-0.39, 0.29) is 18.0 Å². The Bertz CT molecular complexity index is 976. The van der Waals surface area contributed by atoms with Crippen molar-refractivity contribution in [2.75, 3.05) is 13.1 Å². The summed E-state index contributed by atoms with van der Waals surface area (Å²) in [5, 5.41) is 6.52. The predicted octanol–water partition coefficient (Wildman–Crippen LogP) is 2.68. The molecular formula is C18H22N4O2S. The standard InChI is InChI=1S/C18H22N4O2S/c1-2-16-19-21(12-17(23)20-8-5-3-4-6-9-20)18(24)14-11-15-13(22(14)16)7-10-25-15/h7,10-11H,2-6,8-9,12H2,1H3. The Balaban J connectivity index is 1.73. The second-order valence-electron chi connectivity index (χ2n) is 6.56. The normalized spacial score (nSPS) is 15.8. The largest absolute Gasteiger partial charge is 0.341 e. The molecule has 132 valence electrons. The molecule has 0 aliphatic carbocycles. The lowest BCUT2D eigenvalue weighted by Gasteiger charge is -2.20. The minimum atomic E-state index is -0.191. The van der Waals surface area contributed by atoms with Crippen LogP contribution in [0.5, 0.6) is 0 Å². The van der Waals surface area contributed by atoms with Crippen molar-refractivity contribution >= 4 is 33.0 Å². The van der Waals surface area contributed by atoms with Crippen LogP contribution in [-0.4, -0.2) is 38.1 Å². The topological polar surface area (TPSA) is 59.6 Å². The van der Waals surface area contributed by atoms with Crippen molar-refractivity contribution in [3.63, 3.8) is 0 Å². The van der Waals surface area contributed by atoms with Gasteiger partial charge in [0.15, 0.2) is 0 Å². The highest BCUT2D eigenvalue weighted by Gasteiger charge is 2.19. The van der Waals surface area contributed by atoms with Gasteiger partial charge in [0.25, 0.3) is 5.56 Å². The highest BCUT2D eigenvalue weighted by atomic mass is 32.1. The lowest BCUT2D eigenvalue weighted by atomic mass is 10.2. The van der Waals surface area contributed by atoms with Gasteiger partial charge in [0.2, 0.25) is 5.91 Å². The van der Waals surface area contributed by atoms with Crippen LogP contribution >= 0.6 is 11.3 Å². The fourth-order valence-electron chi connectivity index (χ4n) is 3.61. The van der Waals surface area contributed by atoms with Crippen molar-refractivity contribution < 1.29 is 4.79 Å². The highest BCUT2D eigenvalue weighted by molar-refractivity contribution is 7.17. The van der Waals surface area contributed by atoms with Crippen LogP contribution < -0.4 is 5.56 Å². The zero-order valence-electron chi connectivity index (χ0n) is 14.4. The molecule has 0 N–H and O–H groups in total. The fraction of sp³-hybridized carbons (Fsp3) is 0.500. The Morgan fingerprint density at radius 3 is 2.68 bits per heavy atom. The van der Waals surface area contributed by atoms with Gasteiger partial charge in [0.05, 0.1) is 10.2 Å². The average molecular weight is 358 g/mol. The Kier molecular flexibility index (Phi) is 4.33. The number of nitrogens with zero attached hydrogens (tertiary/aromatic N) is 4. The van der Waals surface area contributed by atoms with E-state index >= 15 is 0 Å². The van der Waals surface area contributed by atoms with Crippen LogP contribution in [0.2, 0.25) is 0 Å². The zero-order chi connectivity index (χ0) is 17.4. The van der Waals surface area contributed by atoms with E-state index in [9.17, 15) is 9.59 Å². The van der Waals surface area contributed by atoms with Crippen molar-refractivity contribution in [3.8, 4) is 0 Å². The molecule has 0 radical (unpaired) electrons. The number of thiophene rings is 1. The van der Waals surface area contributed by atoms with Crippen LogP contribution in [0.1, 0.15) is 38.4 Å². The fourth-order valence-corrected chi connectivity index (χ4v) is 4.41. The van der Waals surface area contributed by atoms with Gasteiger partial charge in [-0.25, -0.2) is 4.68 Å². The molecule has 7 heteroatoms. The van der Waals surface area contributed by atoms with E-state index in [1.54, 1.807) is 11.3 Å². The summed E-state index contributed by atoms with van der Waals surface area (Å²) in [4.78, 5) is 27.4. The maximum Gasteiger partial charge on any atom is 0.291 e. The van der Waals surface area contributed by atoms with Gasteiger partial charge in [-0.2, -0.15) is 5.10 Å². The monoisotopic (exact) mass is 358 g/mol. The van der Waals surface area contributed by atoms with Crippen LogP contribution in [0, 0.1) is 0 Å². The quantitative estimate of drug-likeness (QED) is 0.723. The first kappa shape index (κ1) is 16.3. The number of amides is 1. The highest BCUT2D eigenvalue weighted by Crippen LogP contribution is 2.24. The molecule has 6 nitrogen and oxygen atoms in total. The summed E-state index contributed by atoms with van der Waals surface area (Å²) in [7, 11) is 0. The lowest BCUT2D eigenvalue weighted by molar-refractivity contribution is -0.132. The first-order chi connectivity index (χ1) is 12.2. The number of fused-ring (bicyclic) bond motifs is 3. The first-order valence-electron chi connectivity index (χ1n) is 8.95. The molecule has 0 atom stereocenters. The summed E-state index contributed by atoms with van der Waals surface area (Å²) in [6.07, 6.45) is 5.14. The number of likely N-dealkylation sites (tertiary alicyclic amines) is 1. The van der Waals surface area contributed by atoms with Crippen LogP contribution in [0.3, 0.4) is 0 Å². The van der Waals surface area contributed by atoms with Crippen LogP contribution in [0.25, 0.3) is 15.7 Å². The third kappa shape index (κ3) is 2.86. The van der Waals surface area contributed by atoms with Crippen molar-refractivity contribution in [1.82, 2.24) is 19.1 Å². The molecule has 1 aliphatic rings. The number of carbonyl (C=O) groups is 1. The lowest BCUT2D eigenvalue weighted by Crippen LogP contribution is -2.38. The van der Waals surface area contributed by atoms with Crippen molar-refractivity contribution in [3.05, 3.63) is 33.7 Å². The Morgan fingerprint density at radius 1 is 1.20 bits per heavy atom. The second kappa shape index (κ2) is 6.63. The Hall–Kier alpha value is -2.15. The minimum absolute atomic E-state index is 0.00345. The molecule has 0 saturated carbocycles. The van der Waals surface area contributed by atoms with E-state index in [0.29, 0.717) is 11.9 Å². The van der Waals surface area contributed by atoms with Gasteiger partial charge in [-0.15, -0.1) is 11.3 Å².